The molecule has 1 aromatic heterocycles. The van der Waals surface area contributed by atoms with Crippen molar-refractivity contribution in [2.45, 2.75) is 13.8 Å². The molecule has 0 fully saturated rings. The van der Waals surface area contributed by atoms with Gasteiger partial charge in [-0.15, -0.1) is 0 Å². The summed E-state index contributed by atoms with van der Waals surface area (Å²) in [5.74, 6) is 1.15. The predicted octanol–water partition coefficient (Wildman–Crippen LogP) is 3.12. The molecule has 0 bridgehead atoms. The van der Waals surface area contributed by atoms with E-state index in [1.54, 1.807) is 18.3 Å². The maximum Gasteiger partial charge on any atom is 0.224 e. The second-order valence-electron chi connectivity index (χ2n) is 4.27. The number of aromatic nitrogens is 2. The Hall–Kier alpha value is -2.17. The molecule has 0 amide bonds. The van der Waals surface area contributed by atoms with Crippen LogP contribution in [-0.2, 0) is 0 Å². The summed E-state index contributed by atoms with van der Waals surface area (Å²) in [6.45, 7) is 4.71. The third kappa shape index (κ3) is 2.99. The van der Waals surface area contributed by atoms with Crippen LogP contribution in [-0.4, -0.2) is 23.6 Å². The molecule has 2 aromatic rings. The standard InChI is InChI=1S/C14H17FN4/c1-4-16-14-17-9-10(2)13(18-14)19(3)12-7-5-11(15)6-8-12/h5-9H,4H2,1-3H3,(H,16,17,18). The molecule has 0 aliphatic rings. The summed E-state index contributed by atoms with van der Waals surface area (Å²) in [5.41, 5.74) is 1.85. The summed E-state index contributed by atoms with van der Waals surface area (Å²) in [5, 5.41) is 3.08. The van der Waals surface area contributed by atoms with E-state index in [0.29, 0.717) is 5.95 Å². The van der Waals surface area contributed by atoms with Gasteiger partial charge in [-0.05, 0) is 38.1 Å². The van der Waals surface area contributed by atoms with Gasteiger partial charge >= 0.3 is 0 Å². The highest BCUT2D eigenvalue weighted by Crippen LogP contribution is 2.25. The number of rotatable bonds is 4. The van der Waals surface area contributed by atoms with E-state index in [1.807, 2.05) is 25.8 Å². The van der Waals surface area contributed by atoms with E-state index in [1.165, 1.54) is 12.1 Å². The van der Waals surface area contributed by atoms with Crippen LogP contribution in [0.15, 0.2) is 30.5 Å². The van der Waals surface area contributed by atoms with Gasteiger partial charge < -0.3 is 10.2 Å². The first-order valence-electron chi connectivity index (χ1n) is 6.18. The Bertz CT molecular complexity index is 554. The van der Waals surface area contributed by atoms with Gasteiger partial charge in [0.15, 0.2) is 0 Å². The molecule has 2 rings (SSSR count). The molecule has 5 heteroatoms. The molecular weight excluding hydrogens is 243 g/mol. The minimum absolute atomic E-state index is 0.245. The molecule has 0 saturated heterocycles. The lowest BCUT2D eigenvalue weighted by Gasteiger charge is -2.20. The average molecular weight is 260 g/mol. The highest BCUT2D eigenvalue weighted by Gasteiger charge is 2.10. The van der Waals surface area contributed by atoms with Crippen molar-refractivity contribution in [3.63, 3.8) is 0 Å². The molecular formula is C14H17FN4. The van der Waals surface area contributed by atoms with Crippen LogP contribution in [0.4, 0.5) is 21.8 Å². The van der Waals surface area contributed by atoms with E-state index in [0.717, 1.165) is 23.6 Å². The maximum atomic E-state index is 12.9. The quantitative estimate of drug-likeness (QED) is 0.917. The van der Waals surface area contributed by atoms with Gasteiger partial charge in [-0.1, -0.05) is 0 Å². The number of nitrogens with one attached hydrogen (secondary N) is 1. The van der Waals surface area contributed by atoms with Gasteiger partial charge in [0.25, 0.3) is 0 Å². The summed E-state index contributed by atoms with van der Waals surface area (Å²) in [6.07, 6.45) is 1.78. The van der Waals surface area contributed by atoms with E-state index < -0.39 is 0 Å². The first-order chi connectivity index (χ1) is 9.11. The molecule has 19 heavy (non-hydrogen) atoms. The summed E-state index contributed by atoms with van der Waals surface area (Å²) in [4.78, 5) is 10.6. The van der Waals surface area contributed by atoms with Crippen LogP contribution in [0.1, 0.15) is 12.5 Å². The van der Waals surface area contributed by atoms with Gasteiger partial charge in [-0.2, -0.15) is 4.98 Å². The van der Waals surface area contributed by atoms with Gasteiger partial charge in [-0.25, -0.2) is 9.37 Å². The number of aryl methyl sites for hydroxylation is 1. The lowest BCUT2D eigenvalue weighted by atomic mass is 10.2. The first kappa shape index (κ1) is 13.3. The monoisotopic (exact) mass is 260 g/mol. The summed E-state index contributed by atoms with van der Waals surface area (Å²) >= 11 is 0. The lowest BCUT2D eigenvalue weighted by molar-refractivity contribution is 0.628. The molecule has 1 N–H and O–H groups in total. The highest BCUT2D eigenvalue weighted by molar-refractivity contribution is 5.62. The number of hydrogen-bond donors (Lipinski definition) is 1. The van der Waals surface area contributed by atoms with Gasteiger partial charge in [0.2, 0.25) is 5.95 Å². The minimum atomic E-state index is -0.245. The van der Waals surface area contributed by atoms with E-state index in [2.05, 4.69) is 15.3 Å². The molecule has 0 spiro atoms. The molecule has 0 saturated carbocycles. The molecule has 0 aliphatic carbocycles. The second kappa shape index (κ2) is 5.65. The lowest BCUT2D eigenvalue weighted by Crippen LogP contribution is -2.14. The number of anilines is 3. The Morgan fingerprint density at radius 1 is 1.26 bits per heavy atom. The van der Waals surface area contributed by atoms with Crippen molar-refractivity contribution in [1.29, 1.82) is 0 Å². The SMILES string of the molecule is CCNc1ncc(C)c(N(C)c2ccc(F)cc2)n1. The molecule has 4 nitrogen and oxygen atoms in total. The Morgan fingerprint density at radius 3 is 2.58 bits per heavy atom. The van der Waals surface area contributed by atoms with Crippen molar-refractivity contribution in [1.82, 2.24) is 9.97 Å². The first-order valence-corrected chi connectivity index (χ1v) is 6.18. The molecule has 0 unspecified atom stereocenters. The number of hydrogen-bond acceptors (Lipinski definition) is 4. The average Bonchev–Trinajstić information content (AvgIpc) is 2.41. The van der Waals surface area contributed by atoms with Crippen molar-refractivity contribution in [3.8, 4) is 0 Å². The van der Waals surface area contributed by atoms with Crippen LogP contribution in [0.25, 0.3) is 0 Å². The van der Waals surface area contributed by atoms with Gasteiger partial charge in [0, 0.05) is 31.0 Å². The van der Waals surface area contributed by atoms with Crippen LogP contribution in [0.3, 0.4) is 0 Å². The molecule has 1 heterocycles. The van der Waals surface area contributed by atoms with Gasteiger partial charge in [0.05, 0.1) is 0 Å². The second-order valence-corrected chi connectivity index (χ2v) is 4.27. The Morgan fingerprint density at radius 2 is 1.95 bits per heavy atom. The van der Waals surface area contributed by atoms with Crippen LogP contribution >= 0.6 is 0 Å². The molecule has 0 aliphatic heterocycles. The van der Waals surface area contributed by atoms with Crippen molar-refractivity contribution < 1.29 is 4.39 Å². The highest BCUT2D eigenvalue weighted by atomic mass is 19.1. The largest absolute Gasteiger partial charge is 0.354 e. The maximum absolute atomic E-state index is 12.9. The third-order valence-corrected chi connectivity index (χ3v) is 2.81. The fourth-order valence-electron chi connectivity index (χ4n) is 1.80. The van der Waals surface area contributed by atoms with Crippen LogP contribution in [0.2, 0.25) is 0 Å². The predicted molar refractivity (Wildman–Crippen MR) is 75.4 cm³/mol. The van der Waals surface area contributed by atoms with Crippen molar-refractivity contribution in [2.75, 3.05) is 23.8 Å². The molecule has 1 aromatic carbocycles. The van der Waals surface area contributed by atoms with Gasteiger partial charge in [-0.3, -0.25) is 0 Å². The summed E-state index contributed by atoms with van der Waals surface area (Å²) in [7, 11) is 1.90. The molecule has 0 radical (unpaired) electrons. The van der Waals surface area contributed by atoms with Crippen LogP contribution in [0.5, 0.6) is 0 Å². The van der Waals surface area contributed by atoms with E-state index in [9.17, 15) is 4.39 Å². The zero-order valence-corrected chi connectivity index (χ0v) is 11.3. The molecule has 100 valence electrons. The topological polar surface area (TPSA) is 41.1 Å². The van der Waals surface area contributed by atoms with Crippen molar-refractivity contribution in [2.24, 2.45) is 0 Å². The van der Waals surface area contributed by atoms with Crippen molar-refractivity contribution >= 4 is 17.5 Å². The molecule has 0 atom stereocenters. The zero-order valence-electron chi connectivity index (χ0n) is 11.3. The van der Waals surface area contributed by atoms with E-state index >= 15 is 0 Å². The number of halogens is 1. The number of benzene rings is 1. The Kier molecular flexibility index (Phi) is 3.94. The van der Waals surface area contributed by atoms with Crippen molar-refractivity contribution in [3.05, 3.63) is 41.8 Å². The third-order valence-electron chi connectivity index (χ3n) is 2.81. The van der Waals surface area contributed by atoms with E-state index in [4.69, 9.17) is 0 Å². The smallest absolute Gasteiger partial charge is 0.224 e. The number of nitrogens with zero attached hydrogens (tertiary/aromatic N) is 3. The fourth-order valence-corrected chi connectivity index (χ4v) is 1.80. The summed E-state index contributed by atoms with van der Waals surface area (Å²) in [6, 6.07) is 6.33. The minimum Gasteiger partial charge on any atom is -0.354 e. The normalized spacial score (nSPS) is 10.3. The van der Waals surface area contributed by atoms with E-state index in [-0.39, 0.29) is 5.82 Å². The van der Waals surface area contributed by atoms with Crippen LogP contribution in [0, 0.1) is 12.7 Å². The zero-order chi connectivity index (χ0) is 13.8. The Balaban J connectivity index is 2.34. The Labute approximate surface area is 112 Å². The van der Waals surface area contributed by atoms with Gasteiger partial charge in [0.1, 0.15) is 11.6 Å². The summed E-state index contributed by atoms with van der Waals surface area (Å²) < 4.78 is 12.9. The van der Waals surface area contributed by atoms with Crippen LogP contribution < -0.4 is 10.2 Å². The fraction of sp³-hybridized carbons (Fsp3) is 0.286.